The van der Waals surface area contributed by atoms with Crippen molar-refractivity contribution in [1.29, 1.82) is 0 Å². The number of benzene rings is 2. The maximum Gasteiger partial charge on any atom is 0.272 e. The number of rotatable bonds is 5. The summed E-state index contributed by atoms with van der Waals surface area (Å²) in [6.45, 7) is 4.22. The van der Waals surface area contributed by atoms with Gasteiger partial charge >= 0.3 is 0 Å². The lowest BCUT2D eigenvalue weighted by Crippen LogP contribution is -2.30. The molecule has 0 fully saturated rings. The molecule has 176 valence electrons. The van der Waals surface area contributed by atoms with E-state index in [1.165, 1.54) is 18.2 Å². The number of fused-ring (bicyclic) bond motifs is 2. The van der Waals surface area contributed by atoms with E-state index in [0.717, 1.165) is 5.56 Å². The lowest BCUT2D eigenvalue weighted by molar-refractivity contribution is 0.0745. The van der Waals surface area contributed by atoms with E-state index < -0.39 is 0 Å². The second-order valence-electron chi connectivity index (χ2n) is 8.45. The zero-order chi connectivity index (χ0) is 23.7. The molecule has 34 heavy (non-hydrogen) atoms. The molecule has 8 nitrogen and oxygen atoms in total. The van der Waals surface area contributed by atoms with Crippen LogP contribution >= 0.6 is 0 Å². The summed E-state index contributed by atoms with van der Waals surface area (Å²) < 4.78 is 26.3. The van der Waals surface area contributed by atoms with E-state index in [1.807, 2.05) is 25.1 Å². The first-order chi connectivity index (χ1) is 16.5. The average molecular weight is 464 g/mol. The van der Waals surface area contributed by atoms with Crippen molar-refractivity contribution in [1.82, 2.24) is 20.0 Å². The quantitative estimate of drug-likeness (QED) is 0.626. The molecule has 1 aromatic heterocycles. The van der Waals surface area contributed by atoms with Gasteiger partial charge in [-0.1, -0.05) is 18.2 Å². The Balaban J connectivity index is 1.30. The van der Waals surface area contributed by atoms with E-state index in [0.29, 0.717) is 62.0 Å². The van der Waals surface area contributed by atoms with E-state index >= 15 is 0 Å². The number of carbonyl (C=O) groups excluding carboxylic acids is 2. The number of nitrogens with zero attached hydrogens (tertiary/aromatic N) is 3. The Morgan fingerprint density at radius 1 is 1.12 bits per heavy atom. The SMILES string of the molecule is CC(NC(=O)c1cc2n(n1)CCCN(Cc1cccc(F)c1)C2=O)c1ccc2c(c1)OCCO2. The van der Waals surface area contributed by atoms with Gasteiger partial charge in [-0.25, -0.2) is 4.39 Å². The highest BCUT2D eigenvalue weighted by Crippen LogP contribution is 2.32. The van der Waals surface area contributed by atoms with Crippen molar-refractivity contribution in [3.63, 3.8) is 0 Å². The molecule has 0 saturated carbocycles. The Morgan fingerprint density at radius 3 is 2.76 bits per heavy atom. The second-order valence-corrected chi connectivity index (χ2v) is 8.45. The smallest absolute Gasteiger partial charge is 0.272 e. The average Bonchev–Trinajstić information content (AvgIpc) is 3.21. The monoisotopic (exact) mass is 464 g/mol. The van der Waals surface area contributed by atoms with Gasteiger partial charge in [0.15, 0.2) is 17.2 Å². The van der Waals surface area contributed by atoms with Crippen molar-refractivity contribution in [2.24, 2.45) is 0 Å². The van der Waals surface area contributed by atoms with Crippen LogP contribution in [0.3, 0.4) is 0 Å². The highest BCUT2D eigenvalue weighted by atomic mass is 19.1. The zero-order valence-electron chi connectivity index (χ0n) is 18.8. The molecule has 1 unspecified atom stereocenters. The summed E-state index contributed by atoms with van der Waals surface area (Å²) in [6, 6.07) is 13.0. The second kappa shape index (κ2) is 9.17. The van der Waals surface area contributed by atoms with Crippen molar-refractivity contribution >= 4 is 11.8 Å². The molecule has 3 heterocycles. The Hall–Kier alpha value is -3.88. The van der Waals surface area contributed by atoms with Crippen LogP contribution in [0.4, 0.5) is 4.39 Å². The predicted molar refractivity (Wildman–Crippen MR) is 121 cm³/mol. The molecule has 2 amide bonds. The first kappa shape index (κ1) is 21.9. The van der Waals surface area contributed by atoms with Crippen LogP contribution in [0.15, 0.2) is 48.5 Å². The standard InChI is InChI=1S/C25H25FN4O4/c1-16(18-6-7-22-23(13-18)34-11-10-33-22)27-24(31)20-14-21-25(32)29(8-3-9-30(21)28-20)15-17-4-2-5-19(26)12-17/h2,4-7,12-14,16H,3,8-11,15H2,1H3,(H,27,31). The summed E-state index contributed by atoms with van der Waals surface area (Å²) in [4.78, 5) is 27.7. The molecule has 2 aliphatic heterocycles. The molecule has 9 heteroatoms. The number of aromatic nitrogens is 2. The predicted octanol–water partition coefficient (Wildman–Crippen LogP) is 3.33. The van der Waals surface area contributed by atoms with Crippen LogP contribution in [0.25, 0.3) is 0 Å². The molecular weight excluding hydrogens is 439 g/mol. The van der Waals surface area contributed by atoms with E-state index in [2.05, 4.69) is 10.4 Å². The normalized spacial score (nSPS) is 15.9. The van der Waals surface area contributed by atoms with Crippen molar-refractivity contribution < 1.29 is 23.5 Å². The molecule has 0 saturated heterocycles. The van der Waals surface area contributed by atoms with Gasteiger partial charge in [-0.2, -0.15) is 5.10 Å². The van der Waals surface area contributed by atoms with Gasteiger partial charge < -0.3 is 19.7 Å². The molecular formula is C25H25FN4O4. The highest BCUT2D eigenvalue weighted by molar-refractivity contribution is 5.98. The summed E-state index contributed by atoms with van der Waals surface area (Å²) in [5.74, 6) is 0.409. The van der Waals surface area contributed by atoms with Crippen LogP contribution in [-0.4, -0.2) is 46.3 Å². The lowest BCUT2D eigenvalue weighted by Gasteiger charge is -2.21. The topological polar surface area (TPSA) is 85.7 Å². The minimum absolute atomic E-state index is 0.181. The number of ether oxygens (including phenoxy) is 2. The third-order valence-corrected chi connectivity index (χ3v) is 5.99. The fourth-order valence-corrected chi connectivity index (χ4v) is 4.23. The zero-order valence-corrected chi connectivity index (χ0v) is 18.8. The number of hydrogen-bond acceptors (Lipinski definition) is 5. The number of amides is 2. The molecule has 2 aromatic carbocycles. The molecule has 1 N–H and O–H groups in total. The number of nitrogens with one attached hydrogen (secondary N) is 1. The van der Waals surface area contributed by atoms with Crippen LogP contribution in [-0.2, 0) is 13.1 Å². The minimum atomic E-state index is -0.368. The highest BCUT2D eigenvalue weighted by Gasteiger charge is 2.27. The van der Waals surface area contributed by atoms with Crippen LogP contribution in [0.5, 0.6) is 11.5 Å². The van der Waals surface area contributed by atoms with Gasteiger partial charge in [0.05, 0.1) is 6.04 Å². The fourth-order valence-electron chi connectivity index (χ4n) is 4.23. The summed E-state index contributed by atoms with van der Waals surface area (Å²) in [5, 5.41) is 7.32. The third-order valence-electron chi connectivity index (χ3n) is 5.99. The molecule has 5 rings (SSSR count). The Bertz CT molecular complexity index is 1240. The molecule has 0 bridgehead atoms. The Labute approximate surface area is 196 Å². The first-order valence-corrected chi connectivity index (χ1v) is 11.3. The van der Waals surface area contributed by atoms with Gasteiger partial charge in [0, 0.05) is 25.7 Å². The molecule has 0 aliphatic carbocycles. The van der Waals surface area contributed by atoms with Crippen molar-refractivity contribution in [3.05, 3.63) is 76.9 Å². The first-order valence-electron chi connectivity index (χ1n) is 11.3. The van der Waals surface area contributed by atoms with Crippen molar-refractivity contribution in [3.8, 4) is 11.5 Å². The third kappa shape index (κ3) is 4.46. The van der Waals surface area contributed by atoms with Gasteiger partial charge in [-0.3, -0.25) is 14.3 Å². The van der Waals surface area contributed by atoms with Crippen LogP contribution < -0.4 is 14.8 Å². The van der Waals surface area contributed by atoms with Gasteiger partial charge in [0.25, 0.3) is 11.8 Å². The van der Waals surface area contributed by atoms with Crippen molar-refractivity contribution in [2.75, 3.05) is 19.8 Å². The van der Waals surface area contributed by atoms with Gasteiger partial charge in [0.2, 0.25) is 0 Å². The number of aryl methyl sites for hydroxylation is 1. The minimum Gasteiger partial charge on any atom is -0.486 e. The molecule has 3 aromatic rings. The lowest BCUT2D eigenvalue weighted by atomic mass is 10.1. The summed E-state index contributed by atoms with van der Waals surface area (Å²) in [7, 11) is 0. The fraction of sp³-hybridized carbons (Fsp3) is 0.320. The van der Waals surface area contributed by atoms with Gasteiger partial charge in [-0.15, -0.1) is 0 Å². The van der Waals surface area contributed by atoms with Crippen molar-refractivity contribution in [2.45, 2.75) is 32.5 Å². The maximum atomic E-state index is 13.6. The van der Waals surface area contributed by atoms with E-state index in [1.54, 1.807) is 21.7 Å². The number of carbonyl (C=O) groups is 2. The molecule has 2 aliphatic rings. The Kier molecular flexibility index (Phi) is 5.91. The van der Waals surface area contributed by atoms with Crippen LogP contribution in [0.1, 0.15) is 51.5 Å². The number of halogens is 1. The van der Waals surface area contributed by atoms with E-state index in [4.69, 9.17) is 9.47 Å². The maximum absolute atomic E-state index is 13.6. The van der Waals surface area contributed by atoms with Crippen LogP contribution in [0.2, 0.25) is 0 Å². The Morgan fingerprint density at radius 2 is 1.94 bits per heavy atom. The van der Waals surface area contributed by atoms with Gasteiger partial charge in [-0.05, 0) is 48.7 Å². The van der Waals surface area contributed by atoms with Gasteiger partial charge in [0.1, 0.15) is 24.7 Å². The van der Waals surface area contributed by atoms with E-state index in [-0.39, 0.29) is 29.4 Å². The molecule has 0 radical (unpaired) electrons. The summed E-state index contributed by atoms with van der Waals surface area (Å²) >= 11 is 0. The number of hydrogen-bond donors (Lipinski definition) is 1. The van der Waals surface area contributed by atoms with Crippen LogP contribution in [0, 0.1) is 5.82 Å². The summed E-state index contributed by atoms with van der Waals surface area (Å²) in [6.07, 6.45) is 0.685. The molecule has 0 spiro atoms. The largest absolute Gasteiger partial charge is 0.486 e. The summed E-state index contributed by atoms with van der Waals surface area (Å²) in [5.41, 5.74) is 2.12. The van der Waals surface area contributed by atoms with E-state index in [9.17, 15) is 14.0 Å². The molecule has 1 atom stereocenters.